The molecule has 0 radical (unpaired) electrons. The predicted molar refractivity (Wildman–Crippen MR) is 79.9 cm³/mol. The Morgan fingerprint density at radius 2 is 1.59 bits per heavy atom. The van der Waals surface area contributed by atoms with Gasteiger partial charge in [0, 0.05) is 12.0 Å². The van der Waals surface area contributed by atoms with Crippen molar-refractivity contribution in [2.24, 2.45) is 0 Å². The maximum absolute atomic E-state index is 12.3. The van der Waals surface area contributed by atoms with Crippen molar-refractivity contribution < 1.29 is 29.4 Å². The van der Waals surface area contributed by atoms with E-state index in [1.807, 2.05) is 5.09 Å². The molecule has 8 heteroatoms. The third kappa shape index (κ3) is 4.33. The Morgan fingerprint density at radius 1 is 1.00 bits per heavy atom. The largest absolute Gasteiger partial charge is 0.508 e. The number of nitrogens with one attached hydrogen (secondary N) is 1. The topological polar surface area (TPSA) is 127 Å². The van der Waals surface area contributed by atoms with Gasteiger partial charge >= 0.3 is 7.75 Å². The summed E-state index contributed by atoms with van der Waals surface area (Å²) < 4.78 is 11.0. The van der Waals surface area contributed by atoms with Gasteiger partial charge in [0.2, 0.25) is 0 Å². The molecule has 2 rings (SSSR count). The van der Waals surface area contributed by atoms with Gasteiger partial charge in [0.25, 0.3) is 0 Å². The van der Waals surface area contributed by atoms with Crippen LogP contribution in [0.15, 0.2) is 42.5 Å². The minimum absolute atomic E-state index is 0.0311. The number of carbonyl (C=O) groups excluding carboxylic acids is 1. The third-order valence-corrected chi connectivity index (χ3v) is 3.40. The Bertz CT molecular complexity index is 737. The number of benzene rings is 2. The Labute approximate surface area is 126 Å². The van der Waals surface area contributed by atoms with Crippen molar-refractivity contribution in [1.29, 1.82) is 0 Å². The number of hydrogen-bond acceptors (Lipinski definition) is 4. The number of aromatic hydroxyl groups is 2. The fourth-order valence-corrected chi connectivity index (χ4v) is 2.42. The van der Waals surface area contributed by atoms with Gasteiger partial charge in [-0.15, -0.1) is 0 Å². The normalized spacial score (nSPS) is 11.2. The van der Waals surface area contributed by atoms with Gasteiger partial charge in [-0.05, 0) is 35.9 Å². The first-order valence-corrected chi connectivity index (χ1v) is 7.84. The zero-order valence-electron chi connectivity index (χ0n) is 11.3. The smallest absolute Gasteiger partial charge is 0.427 e. The van der Waals surface area contributed by atoms with E-state index in [9.17, 15) is 19.6 Å². The standard InChI is InChI=1S/C14H14NO6P/c16-10-3-1-9(2-4-10)7-14(18)12-8-11(17)5-6-13(12)15-22(19,20)21/h1-6,8,16-17H,7H2,(H3,15,19,20,21). The Morgan fingerprint density at radius 3 is 2.18 bits per heavy atom. The number of rotatable bonds is 5. The molecule has 0 unspecified atom stereocenters. The molecule has 0 fully saturated rings. The molecule has 5 N–H and O–H groups in total. The van der Waals surface area contributed by atoms with Crippen molar-refractivity contribution in [3.8, 4) is 11.5 Å². The number of Topliss-reactive ketones (excluding diaryl/α,β-unsaturated/α-hetero) is 1. The zero-order valence-corrected chi connectivity index (χ0v) is 12.2. The fraction of sp³-hybridized carbons (Fsp3) is 0.0714. The van der Waals surface area contributed by atoms with Crippen LogP contribution in [0.3, 0.4) is 0 Å². The van der Waals surface area contributed by atoms with E-state index in [2.05, 4.69) is 0 Å². The summed E-state index contributed by atoms with van der Waals surface area (Å²) in [6, 6.07) is 9.56. The third-order valence-electron chi connectivity index (χ3n) is 2.87. The SMILES string of the molecule is O=C(Cc1ccc(O)cc1)c1cc(O)ccc1NP(=O)(O)O. The molecule has 0 saturated heterocycles. The molecule has 0 atom stereocenters. The summed E-state index contributed by atoms with van der Waals surface area (Å²) >= 11 is 0. The number of phenols is 2. The molecule has 116 valence electrons. The molecular formula is C14H14NO6P. The van der Waals surface area contributed by atoms with Crippen molar-refractivity contribution in [3.05, 3.63) is 53.6 Å². The summed E-state index contributed by atoms with van der Waals surface area (Å²) in [5, 5.41) is 20.6. The van der Waals surface area contributed by atoms with Crippen LogP contribution in [-0.2, 0) is 11.0 Å². The van der Waals surface area contributed by atoms with E-state index in [1.54, 1.807) is 12.1 Å². The number of ketones is 1. The highest BCUT2D eigenvalue weighted by Crippen LogP contribution is 2.37. The highest BCUT2D eigenvalue weighted by atomic mass is 31.2. The summed E-state index contributed by atoms with van der Waals surface area (Å²) in [5.74, 6) is -0.555. The summed E-state index contributed by atoms with van der Waals surface area (Å²) in [6.07, 6.45) is -0.0421. The van der Waals surface area contributed by atoms with Gasteiger partial charge in [0.05, 0.1) is 5.69 Å². The molecular weight excluding hydrogens is 309 g/mol. The molecule has 0 aliphatic heterocycles. The van der Waals surface area contributed by atoms with E-state index in [4.69, 9.17) is 9.79 Å². The Hall–Kier alpha value is -2.34. The molecule has 0 aliphatic rings. The van der Waals surface area contributed by atoms with Crippen LogP contribution >= 0.6 is 7.75 Å². The highest BCUT2D eigenvalue weighted by molar-refractivity contribution is 7.53. The summed E-state index contributed by atoms with van der Waals surface area (Å²) in [5.41, 5.74) is 0.527. The van der Waals surface area contributed by atoms with E-state index >= 15 is 0 Å². The maximum atomic E-state index is 12.3. The molecule has 0 spiro atoms. The number of phenolic OH excluding ortho intramolecular Hbond substituents is 2. The average Bonchev–Trinajstić information content (AvgIpc) is 2.42. The summed E-state index contributed by atoms with van der Waals surface area (Å²) in [7, 11) is -4.58. The molecule has 0 aromatic heterocycles. The van der Waals surface area contributed by atoms with Crippen LogP contribution in [0, 0.1) is 0 Å². The molecule has 2 aromatic rings. The highest BCUT2D eigenvalue weighted by Gasteiger charge is 2.19. The molecule has 0 bridgehead atoms. The molecule has 7 nitrogen and oxygen atoms in total. The second-order valence-electron chi connectivity index (χ2n) is 4.65. The van der Waals surface area contributed by atoms with Crippen molar-refractivity contribution >= 4 is 19.2 Å². The van der Waals surface area contributed by atoms with Crippen LogP contribution in [0.25, 0.3) is 0 Å². The Kier molecular flexibility index (Phi) is 4.51. The first-order chi connectivity index (χ1) is 10.2. The first kappa shape index (κ1) is 16.0. The van der Waals surface area contributed by atoms with Crippen LogP contribution in [-0.4, -0.2) is 25.8 Å². The van der Waals surface area contributed by atoms with Gasteiger partial charge in [-0.2, -0.15) is 0 Å². The second-order valence-corrected chi connectivity index (χ2v) is 5.96. The van der Waals surface area contributed by atoms with E-state index in [1.165, 1.54) is 24.3 Å². The second kappa shape index (κ2) is 6.19. The summed E-state index contributed by atoms with van der Waals surface area (Å²) in [6.45, 7) is 0. The number of anilines is 1. The molecule has 0 amide bonds. The first-order valence-electron chi connectivity index (χ1n) is 6.22. The fourth-order valence-electron chi connectivity index (χ4n) is 1.91. The maximum Gasteiger partial charge on any atom is 0.427 e. The Balaban J connectivity index is 2.29. The van der Waals surface area contributed by atoms with Gasteiger partial charge in [0.1, 0.15) is 11.5 Å². The van der Waals surface area contributed by atoms with E-state index in [0.29, 0.717) is 5.56 Å². The predicted octanol–water partition coefficient (Wildman–Crippen LogP) is 2.03. The molecule has 2 aromatic carbocycles. The van der Waals surface area contributed by atoms with E-state index in [-0.39, 0.29) is 29.2 Å². The minimum atomic E-state index is -4.58. The van der Waals surface area contributed by atoms with Gasteiger partial charge in [0.15, 0.2) is 5.78 Å². The number of carbonyl (C=O) groups is 1. The van der Waals surface area contributed by atoms with Crippen LogP contribution in [0.5, 0.6) is 11.5 Å². The lowest BCUT2D eigenvalue weighted by Gasteiger charge is -2.12. The summed E-state index contributed by atoms with van der Waals surface area (Å²) in [4.78, 5) is 30.2. The minimum Gasteiger partial charge on any atom is -0.508 e. The van der Waals surface area contributed by atoms with Crippen LogP contribution in [0.1, 0.15) is 15.9 Å². The molecule has 22 heavy (non-hydrogen) atoms. The van der Waals surface area contributed by atoms with Crippen molar-refractivity contribution in [3.63, 3.8) is 0 Å². The molecule has 0 saturated carbocycles. The average molecular weight is 323 g/mol. The van der Waals surface area contributed by atoms with Gasteiger partial charge in [-0.3, -0.25) is 9.88 Å². The zero-order chi connectivity index (χ0) is 16.3. The van der Waals surface area contributed by atoms with Crippen molar-refractivity contribution in [1.82, 2.24) is 0 Å². The van der Waals surface area contributed by atoms with Crippen LogP contribution < -0.4 is 5.09 Å². The van der Waals surface area contributed by atoms with Gasteiger partial charge in [-0.1, -0.05) is 12.1 Å². The van der Waals surface area contributed by atoms with Gasteiger partial charge in [-0.25, -0.2) is 4.57 Å². The quantitative estimate of drug-likeness (QED) is 0.323. The van der Waals surface area contributed by atoms with Crippen molar-refractivity contribution in [2.75, 3.05) is 5.09 Å². The lowest BCUT2D eigenvalue weighted by Crippen LogP contribution is -2.08. The number of hydrogen-bond donors (Lipinski definition) is 5. The monoisotopic (exact) mass is 323 g/mol. The van der Waals surface area contributed by atoms with Crippen LogP contribution in [0.2, 0.25) is 0 Å². The molecule has 0 aliphatic carbocycles. The van der Waals surface area contributed by atoms with Crippen LogP contribution in [0.4, 0.5) is 5.69 Å². The van der Waals surface area contributed by atoms with E-state index < -0.39 is 13.5 Å². The van der Waals surface area contributed by atoms with Gasteiger partial charge < -0.3 is 20.0 Å². The molecule has 0 heterocycles. The lowest BCUT2D eigenvalue weighted by molar-refractivity contribution is 0.0993. The lowest BCUT2D eigenvalue weighted by atomic mass is 10.0. The van der Waals surface area contributed by atoms with Crippen molar-refractivity contribution in [2.45, 2.75) is 6.42 Å². The van der Waals surface area contributed by atoms with E-state index in [0.717, 1.165) is 6.07 Å².